The highest BCUT2D eigenvalue weighted by atomic mass is 16.2. The second-order valence-electron chi connectivity index (χ2n) is 5.16. The molecule has 4 nitrogen and oxygen atoms in total. The molecule has 0 aliphatic heterocycles. The molecule has 112 valence electrons. The van der Waals surface area contributed by atoms with Gasteiger partial charge < -0.3 is 16.0 Å². The van der Waals surface area contributed by atoms with Crippen LogP contribution >= 0.6 is 0 Å². The molecule has 0 radical (unpaired) electrons. The summed E-state index contributed by atoms with van der Waals surface area (Å²) in [4.78, 5) is 14.1. The molecular formula is C16H27N3O. The molecule has 1 rings (SSSR count). The van der Waals surface area contributed by atoms with E-state index in [0.717, 1.165) is 37.1 Å². The molecule has 1 amide bonds. The lowest BCUT2D eigenvalue weighted by Gasteiger charge is -2.26. The average Bonchev–Trinajstić information content (AvgIpc) is 2.49. The highest BCUT2D eigenvalue weighted by Crippen LogP contribution is 2.17. The zero-order valence-corrected chi connectivity index (χ0v) is 12.9. The number of amides is 1. The molecule has 0 saturated heterocycles. The Morgan fingerprint density at radius 2 is 2.15 bits per heavy atom. The Hall–Kier alpha value is -1.55. The maximum atomic E-state index is 12.1. The number of likely N-dealkylation sites (N-methyl/N-ethyl adjacent to an activating group) is 1. The number of unbranched alkanes of at least 4 members (excludes halogenated alkanes) is 2. The first kappa shape index (κ1) is 16.5. The van der Waals surface area contributed by atoms with E-state index in [2.05, 4.69) is 12.2 Å². The quantitative estimate of drug-likeness (QED) is 0.717. The van der Waals surface area contributed by atoms with Gasteiger partial charge in [0.2, 0.25) is 5.91 Å². The van der Waals surface area contributed by atoms with Crippen LogP contribution in [0.3, 0.4) is 0 Å². The lowest BCUT2D eigenvalue weighted by molar-refractivity contribution is -0.122. The van der Waals surface area contributed by atoms with E-state index in [1.165, 1.54) is 0 Å². The van der Waals surface area contributed by atoms with Crippen molar-refractivity contribution in [3.8, 4) is 0 Å². The Labute approximate surface area is 122 Å². The summed E-state index contributed by atoms with van der Waals surface area (Å²) in [6.07, 6.45) is 3.36. The molecule has 3 N–H and O–H groups in total. The van der Waals surface area contributed by atoms with Crippen LogP contribution < -0.4 is 16.0 Å². The van der Waals surface area contributed by atoms with Crippen molar-refractivity contribution in [2.45, 2.75) is 45.7 Å². The third-order valence-corrected chi connectivity index (χ3v) is 3.59. The first-order valence-electron chi connectivity index (χ1n) is 7.39. The Bertz CT molecular complexity index is 420. The third-order valence-electron chi connectivity index (χ3n) is 3.59. The van der Waals surface area contributed by atoms with Gasteiger partial charge in [-0.25, -0.2) is 0 Å². The van der Waals surface area contributed by atoms with Gasteiger partial charge in [-0.15, -0.1) is 0 Å². The molecule has 0 fully saturated rings. The molecular weight excluding hydrogens is 250 g/mol. The van der Waals surface area contributed by atoms with Crippen LogP contribution in [-0.4, -0.2) is 25.5 Å². The van der Waals surface area contributed by atoms with Crippen molar-refractivity contribution in [3.05, 3.63) is 29.8 Å². The van der Waals surface area contributed by atoms with Gasteiger partial charge >= 0.3 is 0 Å². The maximum absolute atomic E-state index is 12.1. The van der Waals surface area contributed by atoms with E-state index in [1.807, 2.05) is 43.1 Å². The van der Waals surface area contributed by atoms with E-state index >= 15 is 0 Å². The van der Waals surface area contributed by atoms with Crippen molar-refractivity contribution in [1.82, 2.24) is 5.32 Å². The number of carbonyl (C=O) groups excluding carboxylic acids is 1. The van der Waals surface area contributed by atoms with Crippen LogP contribution in [0, 0.1) is 0 Å². The van der Waals surface area contributed by atoms with E-state index in [1.54, 1.807) is 0 Å². The lowest BCUT2D eigenvalue weighted by atomic mass is 10.1. The SMILES string of the molecule is CCCCCNC(=O)C(C)N(C)c1cccc(CN)c1. The second kappa shape index (κ2) is 8.59. The average molecular weight is 277 g/mol. The Balaban J connectivity index is 2.56. The zero-order valence-electron chi connectivity index (χ0n) is 12.9. The first-order valence-corrected chi connectivity index (χ1v) is 7.39. The third kappa shape index (κ3) is 4.85. The van der Waals surface area contributed by atoms with Crippen LogP contribution in [-0.2, 0) is 11.3 Å². The largest absolute Gasteiger partial charge is 0.363 e. The summed E-state index contributed by atoms with van der Waals surface area (Å²) in [5, 5.41) is 2.99. The molecule has 1 aromatic rings. The van der Waals surface area contributed by atoms with Crippen LogP contribution in [0.15, 0.2) is 24.3 Å². The normalized spacial score (nSPS) is 12.0. The summed E-state index contributed by atoms with van der Waals surface area (Å²) in [6, 6.07) is 7.80. The summed E-state index contributed by atoms with van der Waals surface area (Å²) in [5.74, 6) is 0.0711. The predicted molar refractivity (Wildman–Crippen MR) is 84.7 cm³/mol. The Morgan fingerprint density at radius 1 is 1.40 bits per heavy atom. The standard InChI is InChI=1S/C16H27N3O/c1-4-5-6-10-18-16(20)13(2)19(3)15-9-7-8-14(11-15)12-17/h7-9,11,13H,4-6,10,12,17H2,1-3H3,(H,18,20). The number of hydrogen-bond donors (Lipinski definition) is 2. The highest BCUT2D eigenvalue weighted by molar-refractivity contribution is 5.84. The number of benzene rings is 1. The fourth-order valence-corrected chi connectivity index (χ4v) is 2.04. The summed E-state index contributed by atoms with van der Waals surface area (Å²) in [5.41, 5.74) is 7.74. The molecule has 0 aliphatic rings. The number of anilines is 1. The smallest absolute Gasteiger partial charge is 0.242 e. The molecule has 4 heteroatoms. The van der Waals surface area contributed by atoms with Gasteiger partial charge in [-0.2, -0.15) is 0 Å². The molecule has 0 aromatic heterocycles. The van der Waals surface area contributed by atoms with E-state index in [-0.39, 0.29) is 11.9 Å². The molecule has 20 heavy (non-hydrogen) atoms. The van der Waals surface area contributed by atoms with Crippen LogP contribution in [0.5, 0.6) is 0 Å². The number of rotatable bonds is 8. The number of hydrogen-bond acceptors (Lipinski definition) is 3. The molecule has 0 saturated carbocycles. The zero-order chi connectivity index (χ0) is 15.0. The van der Waals surface area contributed by atoms with Gasteiger partial charge in [-0.1, -0.05) is 31.9 Å². The van der Waals surface area contributed by atoms with Crippen LogP contribution in [0.4, 0.5) is 5.69 Å². The van der Waals surface area contributed by atoms with Gasteiger partial charge in [0.1, 0.15) is 6.04 Å². The fraction of sp³-hybridized carbons (Fsp3) is 0.562. The fourth-order valence-electron chi connectivity index (χ4n) is 2.04. The molecule has 0 bridgehead atoms. The minimum absolute atomic E-state index is 0.0711. The van der Waals surface area contributed by atoms with Crippen molar-refractivity contribution in [2.24, 2.45) is 5.73 Å². The van der Waals surface area contributed by atoms with Crippen LogP contribution in [0.25, 0.3) is 0 Å². The van der Waals surface area contributed by atoms with Crippen molar-refractivity contribution >= 4 is 11.6 Å². The number of carbonyl (C=O) groups is 1. The van der Waals surface area contributed by atoms with Crippen molar-refractivity contribution < 1.29 is 4.79 Å². The second-order valence-corrected chi connectivity index (χ2v) is 5.16. The minimum Gasteiger partial charge on any atom is -0.363 e. The number of nitrogens with zero attached hydrogens (tertiary/aromatic N) is 1. The van der Waals surface area contributed by atoms with Crippen LogP contribution in [0.1, 0.15) is 38.7 Å². The van der Waals surface area contributed by atoms with Gasteiger partial charge in [-0.05, 0) is 31.0 Å². The summed E-state index contributed by atoms with van der Waals surface area (Å²) in [6.45, 7) is 5.35. The summed E-state index contributed by atoms with van der Waals surface area (Å²) in [7, 11) is 1.94. The molecule has 1 unspecified atom stereocenters. The van der Waals surface area contributed by atoms with Gasteiger partial charge in [0.15, 0.2) is 0 Å². The summed E-state index contributed by atoms with van der Waals surface area (Å²) < 4.78 is 0. The van der Waals surface area contributed by atoms with Gasteiger partial charge in [0, 0.05) is 25.8 Å². The van der Waals surface area contributed by atoms with E-state index in [0.29, 0.717) is 6.54 Å². The molecule has 0 heterocycles. The molecule has 0 aliphatic carbocycles. The van der Waals surface area contributed by atoms with Crippen molar-refractivity contribution in [3.63, 3.8) is 0 Å². The predicted octanol–water partition coefficient (Wildman–Crippen LogP) is 2.28. The number of nitrogens with two attached hydrogens (primary N) is 1. The van der Waals surface area contributed by atoms with Crippen molar-refractivity contribution in [1.29, 1.82) is 0 Å². The lowest BCUT2D eigenvalue weighted by Crippen LogP contribution is -2.43. The first-order chi connectivity index (χ1) is 9.60. The number of nitrogens with one attached hydrogen (secondary N) is 1. The van der Waals surface area contributed by atoms with Gasteiger partial charge in [-0.3, -0.25) is 4.79 Å². The van der Waals surface area contributed by atoms with Crippen LogP contribution in [0.2, 0.25) is 0 Å². The Kier molecular flexibility index (Phi) is 7.09. The topological polar surface area (TPSA) is 58.4 Å². The summed E-state index contributed by atoms with van der Waals surface area (Å²) >= 11 is 0. The Morgan fingerprint density at radius 3 is 2.80 bits per heavy atom. The monoisotopic (exact) mass is 277 g/mol. The van der Waals surface area contributed by atoms with E-state index < -0.39 is 0 Å². The molecule has 1 aromatic carbocycles. The maximum Gasteiger partial charge on any atom is 0.242 e. The minimum atomic E-state index is -0.190. The highest BCUT2D eigenvalue weighted by Gasteiger charge is 2.17. The molecule has 0 spiro atoms. The van der Waals surface area contributed by atoms with Gasteiger partial charge in [0.25, 0.3) is 0 Å². The van der Waals surface area contributed by atoms with E-state index in [4.69, 9.17) is 5.73 Å². The van der Waals surface area contributed by atoms with E-state index in [9.17, 15) is 4.79 Å². The van der Waals surface area contributed by atoms with Gasteiger partial charge in [0.05, 0.1) is 0 Å². The molecule has 1 atom stereocenters. The van der Waals surface area contributed by atoms with Crippen molar-refractivity contribution in [2.75, 3.05) is 18.5 Å².